The molecule has 2 aromatic rings. The quantitative estimate of drug-likeness (QED) is 0.882. The summed E-state index contributed by atoms with van der Waals surface area (Å²) in [4.78, 5) is 29.0. The zero-order chi connectivity index (χ0) is 19.3. The summed E-state index contributed by atoms with van der Waals surface area (Å²) in [5, 5.41) is 10.7. The van der Waals surface area contributed by atoms with Gasteiger partial charge in [0.25, 0.3) is 11.8 Å². The minimum absolute atomic E-state index is 0.0710. The van der Waals surface area contributed by atoms with Crippen LogP contribution in [0.25, 0.3) is 0 Å². The Morgan fingerprint density at radius 2 is 1.85 bits per heavy atom. The Morgan fingerprint density at radius 3 is 2.56 bits per heavy atom. The Balaban J connectivity index is 1.69. The minimum Gasteiger partial charge on any atom is -0.505 e. The number of halogens is 1. The van der Waals surface area contributed by atoms with Crippen LogP contribution in [-0.2, 0) is 19.5 Å². The predicted octanol–water partition coefficient (Wildman–Crippen LogP) is 2.40. The summed E-state index contributed by atoms with van der Waals surface area (Å²) in [5.41, 5.74) is 2.00. The van der Waals surface area contributed by atoms with Gasteiger partial charge in [0.15, 0.2) is 11.4 Å². The molecule has 7 heteroatoms. The SMILES string of the molecule is CC1CCn2c3c(c(O)c2C(=O)N1C)C(=O)N(Cc1ccc(F)cc1)CC3. The molecule has 1 aromatic carbocycles. The van der Waals surface area contributed by atoms with Gasteiger partial charge in [-0.25, -0.2) is 4.39 Å². The van der Waals surface area contributed by atoms with Crippen LogP contribution in [0.15, 0.2) is 24.3 Å². The Bertz CT molecular complexity index is 920. The molecular weight excluding hydrogens is 349 g/mol. The van der Waals surface area contributed by atoms with E-state index in [0.717, 1.165) is 17.7 Å². The van der Waals surface area contributed by atoms with Gasteiger partial charge in [-0.15, -0.1) is 0 Å². The summed E-state index contributed by atoms with van der Waals surface area (Å²) in [5.74, 6) is -1.09. The number of benzene rings is 1. The number of carbonyl (C=O) groups is 2. The van der Waals surface area contributed by atoms with Crippen LogP contribution in [0.4, 0.5) is 4.39 Å². The molecule has 2 amide bonds. The average molecular weight is 371 g/mol. The van der Waals surface area contributed by atoms with Crippen molar-refractivity contribution in [1.82, 2.24) is 14.4 Å². The number of hydrogen-bond donors (Lipinski definition) is 1. The van der Waals surface area contributed by atoms with Crippen molar-refractivity contribution in [2.45, 2.75) is 38.9 Å². The molecule has 27 heavy (non-hydrogen) atoms. The van der Waals surface area contributed by atoms with Crippen molar-refractivity contribution in [3.63, 3.8) is 0 Å². The topological polar surface area (TPSA) is 65.8 Å². The number of aromatic hydroxyl groups is 1. The molecule has 3 heterocycles. The second kappa shape index (κ2) is 6.40. The number of hydrogen-bond acceptors (Lipinski definition) is 3. The molecular formula is C20H22FN3O3. The van der Waals surface area contributed by atoms with E-state index in [1.807, 2.05) is 11.5 Å². The van der Waals surface area contributed by atoms with Crippen molar-refractivity contribution in [3.05, 3.63) is 52.6 Å². The molecule has 0 saturated carbocycles. The molecule has 0 aliphatic carbocycles. The maximum atomic E-state index is 13.1. The number of nitrogens with zero attached hydrogens (tertiary/aromatic N) is 3. The first-order valence-electron chi connectivity index (χ1n) is 9.13. The number of fused-ring (bicyclic) bond motifs is 3. The van der Waals surface area contributed by atoms with Gasteiger partial charge in [0, 0.05) is 44.8 Å². The Labute approximate surface area is 156 Å². The summed E-state index contributed by atoms with van der Waals surface area (Å²) < 4.78 is 14.9. The molecule has 0 spiro atoms. The Hall–Kier alpha value is -2.83. The van der Waals surface area contributed by atoms with Gasteiger partial charge in [0.2, 0.25) is 0 Å². The van der Waals surface area contributed by atoms with Crippen LogP contribution < -0.4 is 0 Å². The highest BCUT2D eigenvalue weighted by atomic mass is 19.1. The van der Waals surface area contributed by atoms with Crippen molar-refractivity contribution in [2.24, 2.45) is 0 Å². The van der Waals surface area contributed by atoms with Gasteiger partial charge < -0.3 is 19.5 Å². The van der Waals surface area contributed by atoms with Crippen molar-refractivity contribution >= 4 is 11.8 Å². The minimum atomic E-state index is -0.323. The summed E-state index contributed by atoms with van der Waals surface area (Å²) in [6, 6.07) is 6.09. The molecule has 1 N–H and O–H groups in total. The number of carbonyl (C=O) groups excluding carboxylic acids is 2. The first-order valence-corrected chi connectivity index (χ1v) is 9.13. The molecule has 0 radical (unpaired) electrons. The number of aromatic nitrogens is 1. The fourth-order valence-corrected chi connectivity index (χ4v) is 3.94. The van der Waals surface area contributed by atoms with Crippen LogP contribution in [0.2, 0.25) is 0 Å². The maximum Gasteiger partial charge on any atom is 0.274 e. The van der Waals surface area contributed by atoms with Crippen LogP contribution in [0.3, 0.4) is 0 Å². The Morgan fingerprint density at radius 1 is 1.15 bits per heavy atom. The van der Waals surface area contributed by atoms with E-state index in [-0.39, 0.29) is 40.7 Å². The summed E-state index contributed by atoms with van der Waals surface area (Å²) >= 11 is 0. The second-order valence-corrected chi connectivity index (χ2v) is 7.33. The van der Waals surface area contributed by atoms with Crippen LogP contribution in [0.1, 0.15) is 45.4 Å². The second-order valence-electron chi connectivity index (χ2n) is 7.33. The highest BCUT2D eigenvalue weighted by molar-refractivity contribution is 6.05. The highest BCUT2D eigenvalue weighted by Crippen LogP contribution is 2.37. The molecule has 2 aliphatic heterocycles. The van der Waals surface area contributed by atoms with Gasteiger partial charge in [-0.3, -0.25) is 9.59 Å². The van der Waals surface area contributed by atoms with E-state index in [0.29, 0.717) is 26.1 Å². The van der Waals surface area contributed by atoms with Crippen molar-refractivity contribution in [3.8, 4) is 5.75 Å². The lowest BCUT2D eigenvalue weighted by atomic mass is 10.0. The van der Waals surface area contributed by atoms with E-state index in [1.54, 1.807) is 29.0 Å². The smallest absolute Gasteiger partial charge is 0.274 e. The van der Waals surface area contributed by atoms with Crippen LogP contribution in [0, 0.1) is 5.82 Å². The van der Waals surface area contributed by atoms with Gasteiger partial charge in [0.1, 0.15) is 11.4 Å². The van der Waals surface area contributed by atoms with Crippen molar-refractivity contribution < 1.29 is 19.1 Å². The lowest BCUT2D eigenvalue weighted by Crippen LogP contribution is -2.37. The molecule has 2 aliphatic rings. The molecule has 1 unspecified atom stereocenters. The fraction of sp³-hybridized carbons (Fsp3) is 0.400. The van der Waals surface area contributed by atoms with Gasteiger partial charge in [0.05, 0.1) is 0 Å². The molecule has 1 atom stereocenters. The van der Waals surface area contributed by atoms with Gasteiger partial charge >= 0.3 is 0 Å². The lowest BCUT2D eigenvalue weighted by Gasteiger charge is -2.28. The van der Waals surface area contributed by atoms with Crippen LogP contribution in [0.5, 0.6) is 5.75 Å². The third kappa shape index (κ3) is 2.78. The largest absolute Gasteiger partial charge is 0.505 e. The third-order valence-electron chi connectivity index (χ3n) is 5.71. The number of amides is 2. The first kappa shape index (κ1) is 17.6. The average Bonchev–Trinajstić information content (AvgIpc) is 2.88. The summed E-state index contributed by atoms with van der Waals surface area (Å²) in [6.07, 6.45) is 1.34. The molecule has 0 fully saturated rings. The fourth-order valence-electron chi connectivity index (χ4n) is 3.94. The van der Waals surface area contributed by atoms with E-state index in [9.17, 15) is 19.1 Å². The highest BCUT2D eigenvalue weighted by Gasteiger charge is 2.38. The van der Waals surface area contributed by atoms with E-state index >= 15 is 0 Å². The van der Waals surface area contributed by atoms with E-state index < -0.39 is 0 Å². The monoisotopic (exact) mass is 371 g/mol. The molecule has 4 rings (SSSR count). The first-order chi connectivity index (χ1) is 12.9. The molecule has 142 valence electrons. The predicted molar refractivity (Wildman–Crippen MR) is 97.1 cm³/mol. The standard InChI is InChI=1S/C20H22FN3O3/c1-12-7-10-24-15-8-9-23(11-13-3-5-14(21)6-4-13)19(26)16(15)18(25)17(24)20(27)22(12)2/h3-6,12,25H,7-11H2,1-2H3. The van der Waals surface area contributed by atoms with Crippen molar-refractivity contribution in [1.29, 1.82) is 0 Å². The maximum absolute atomic E-state index is 13.1. The zero-order valence-electron chi connectivity index (χ0n) is 15.4. The molecule has 1 aromatic heterocycles. The zero-order valence-corrected chi connectivity index (χ0v) is 15.4. The van der Waals surface area contributed by atoms with E-state index in [1.165, 1.54) is 12.1 Å². The number of rotatable bonds is 2. The molecule has 0 saturated heterocycles. The van der Waals surface area contributed by atoms with Gasteiger partial charge in [-0.2, -0.15) is 0 Å². The normalized spacial score (nSPS) is 19.7. The lowest BCUT2D eigenvalue weighted by molar-refractivity contribution is 0.0722. The van der Waals surface area contributed by atoms with E-state index in [4.69, 9.17) is 0 Å². The summed E-state index contributed by atoms with van der Waals surface area (Å²) in [7, 11) is 1.72. The molecule has 0 bridgehead atoms. The third-order valence-corrected chi connectivity index (χ3v) is 5.71. The van der Waals surface area contributed by atoms with Crippen LogP contribution >= 0.6 is 0 Å². The molecule has 6 nitrogen and oxygen atoms in total. The van der Waals surface area contributed by atoms with Crippen molar-refractivity contribution in [2.75, 3.05) is 13.6 Å². The van der Waals surface area contributed by atoms with Crippen LogP contribution in [-0.4, -0.2) is 50.9 Å². The van der Waals surface area contributed by atoms with Gasteiger partial charge in [-0.05, 0) is 31.0 Å². The summed E-state index contributed by atoms with van der Waals surface area (Å²) in [6.45, 7) is 3.40. The van der Waals surface area contributed by atoms with E-state index in [2.05, 4.69) is 0 Å². The Kier molecular flexibility index (Phi) is 4.17. The van der Waals surface area contributed by atoms with Gasteiger partial charge in [-0.1, -0.05) is 12.1 Å².